The highest BCUT2D eigenvalue weighted by Gasteiger charge is 2.46. The van der Waals surface area contributed by atoms with Gasteiger partial charge in [0, 0.05) is 23.8 Å². The maximum atomic E-state index is 14.6. The fourth-order valence-corrected chi connectivity index (χ4v) is 7.18. The first-order valence-electron chi connectivity index (χ1n) is 15.3. The molecule has 0 bridgehead atoms. The Bertz CT molecular complexity index is 2060. The Morgan fingerprint density at radius 3 is 2.33 bits per heavy atom. The van der Waals surface area contributed by atoms with Gasteiger partial charge in [-0.1, -0.05) is 35.9 Å². The van der Waals surface area contributed by atoms with Gasteiger partial charge in [0.15, 0.2) is 9.84 Å². The molecule has 2 heterocycles. The third kappa shape index (κ3) is 8.45. The van der Waals surface area contributed by atoms with E-state index in [0.717, 1.165) is 10.8 Å². The lowest BCUT2D eigenvalue weighted by atomic mass is 9.93. The van der Waals surface area contributed by atoms with Gasteiger partial charge in [0.05, 0.1) is 34.2 Å². The number of nitrogen functional groups attached to an aromatic ring is 1. The summed E-state index contributed by atoms with van der Waals surface area (Å²) in [7, 11) is -2.33. The number of carboxylic acid groups (broad SMARTS) is 2. The molecule has 1 aliphatic rings. The van der Waals surface area contributed by atoms with Gasteiger partial charge < -0.3 is 30.9 Å². The SMILES string of the molecule is COc1cc([C@H](Nc2ccc3c(N)nccc3c2)C(=O)N2CCC(C(=O)O)C2c2ccccc2S(=O)(=O)C(C)C)ccc1Cl.O=C(O)C(F)(F)F. The van der Waals surface area contributed by atoms with E-state index in [2.05, 4.69) is 10.3 Å². The molecule has 1 amide bonds. The predicted molar refractivity (Wildman–Crippen MR) is 183 cm³/mol. The first-order chi connectivity index (χ1) is 23.9. The van der Waals surface area contributed by atoms with Gasteiger partial charge in [-0.3, -0.25) is 9.59 Å². The normalized spacial score (nSPS) is 16.7. The number of hydrogen-bond acceptors (Lipinski definition) is 9. The molecule has 12 nitrogen and oxygen atoms in total. The molecule has 5 rings (SSSR count). The highest BCUT2D eigenvalue weighted by Crippen LogP contribution is 2.43. The van der Waals surface area contributed by atoms with E-state index in [9.17, 15) is 36.3 Å². The zero-order valence-electron chi connectivity index (χ0n) is 27.4. The average Bonchev–Trinajstić information content (AvgIpc) is 3.53. The molecule has 3 aromatic carbocycles. The van der Waals surface area contributed by atoms with E-state index >= 15 is 0 Å². The molecule has 2 unspecified atom stereocenters. The number of hydrogen-bond donors (Lipinski definition) is 4. The molecule has 1 fully saturated rings. The van der Waals surface area contributed by atoms with Gasteiger partial charge in [-0.25, -0.2) is 18.2 Å². The molecule has 0 saturated carbocycles. The lowest BCUT2D eigenvalue weighted by Crippen LogP contribution is -2.40. The van der Waals surface area contributed by atoms with E-state index in [1.54, 1.807) is 74.6 Å². The summed E-state index contributed by atoms with van der Waals surface area (Å²) in [6, 6.07) is 16.5. The molecule has 3 atom stereocenters. The van der Waals surface area contributed by atoms with E-state index in [0.29, 0.717) is 27.8 Å². The van der Waals surface area contributed by atoms with Crippen LogP contribution in [0.2, 0.25) is 5.02 Å². The first kappa shape index (κ1) is 38.7. The molecule has 272 valence electrons. The van der Waals surface area contributed by atoms with Crippen molar-refractivity contribution in [2.24, 2.45) is 5.92 Å². The molecule has 17 heteroatoms. The number of nitrogens with two attached hydrogens (primary N) is 1. The Labute approximate surface area is 295 Å². The van der Waals surface area contributed by atoms with Crippen molar-refractivity contribution in [1.29, 1.82) is 0 Å². The highest BCUT2D eigenvalue weighted by molar-refractivity contribution is 7.92. The average molecular weight is 751 g/mol. The van der Waals surface area contributed by atoms with Crippen molar-refractivity contribution in [1.82, 2.24) is 9.88 Å². The van der Waals surface area contributed by atoms with Crippen LogP contribution in [-0.2, 0) is 24.2 Å². The second-order valence-electron chi connectivity index (χ2n) is 11.7. The Morgan fingerprint density at radius 1 is 1.06 bits per heavy atom. The van der Waals surface area contributed by atoms with E-state index in [1.807, 2.05) is 6.07 Å². The second-order valence-corrected chi connectivity index (χ2v) is 14.6. The van der Waals surface area contributed by atoms with Crippen LogP contribution in [0.25, 0.3) is 10.8 Å². The van der Waals surface area contributed by atoms with Crippen LogP contribution >= 0.6 is 11.6 Å². The van der Waals surface area contributed by atoms with Crippen molar-refractivity contribution in [2.75, 3.05) is 24.7 Å². The Kier molecular flexibility index (Phi) is 11.7. The van der Waals surface area contributed by atoms with Crippen LogP contribution in [0, 0.1) is 5.92 Å². The standard InChI is InChI=1S/C32H33ClN4O6S.C2HF3O2/c1-18(2)44(41,42)27-7-5-4-6-23(27)29-24(32(39)40)13-15-37(29)31(38)28(20-8-11-25(33)26(17-20)43-3)36-21-9-10-22-19(16-21)12-14-35-30(22)34;3-2(4,5)1(6)7/h4-12,14,16-18,24,28-29,36H,13,15H2,1-3H3,(H2,34,35)(H,39,40);(H,6,7)/t24?,28-,29?;/m0./s1. The number of ether oxygens (including phenoxy) is 1. The predicted octanol–water partition coefficient (Wildman–Crippen LogP) is 6.12. The summed E-state index contributed by atoms with van der Waals surface area (Å²) in [6.07, 6.45) is -3.33. The Hall–Kier alpha value is -5.09. The van der Waals surface area contributed by atoms with Crippen molar-refractivity contribution in [3.05, 3.63) is 89.1 Å². The van der Waals surface area contributed by atoms with Gasteiger partial charge in [-0.05, 0) is 79.2 Å². The number of nitrogens with one attached hydrogen (secondary N) is 1. The third-order valence-electron chi connectivity index (χ3n) is 8.27. The largest absolute Gasteiger partial charge is 0.495 e. The lowest BCUT2D eigenvalue weighted by molar-refractivity contribution is -0.192. The van der Waals surface area contributed by atoms with Gasteiger partial charge >= 0.3 is 18.1 Å². The molecule has 0 aliphatic carbocycles. The molecule has 5 N–H and O–H groups in total. The van der Waals surface area contributed by atoms with Gasteiger partial charge in [-0.15, -0.1) is 0 Å². The van der Waals surface area contributed by atoms with Gasteiger partial charge in [0.25, 0.3) is 0 Å². The quantitative estimate of drug-likeness (QED) is 0.154. The number of rotatable bonds is 9. The molecule has 4 aromatic rings. The lowest BCUT2D eigenvalue weighted by Gasteiger charge is -2.33. The van der Waals surface area contributed by atoms with E-state index in [1.165, 1.54) is 18.1 Å². The molecule has 1 aliphatic heterocycles. The number of aromatic nitrogens is 1. The Balaban J connectivity index is 0.000000755. The molecule has 1 saturated heterocycles. The van der Waals surface area contributed by atoms with Crippen molar-refractivity contribution in [2.45, 2.75) is 48.7 Å². The fourth-order valence-electron chi connectivity index (χ4n) is 5.69. The molecular formula is C34H34ClF3N4O8S. The number of sulfone groups is 1. The monoisotopic (exact) mass is 750 g/mol. The van der Waals surface area contributed by atoms with E-state index in [4.69, 9.17) is 32.0 Å². The molecule has 0 spiro atoms. The first-order valence-corrected chi connectivity index (χ1v) is 17.2. The summed E-state index contributed by atoms with van der Waals surface area (Å²) < 4.78 is 63.9. The molecule has 1 aromatic heterocycles. The van der Waals surface area contributed by atoms with Crippen LogP contribution in [0.4, 0.5) is 24.7 Å². The number of fused-ring (bicyclic) bond motifs is 1. The number of carbonyl (C=O) groups excluding carboxylic acids is 1. The number of methoxy groups -OCH3 is 1. The molecule has 51 heavy (non-hydrogen) atoms. The minimum absolute atomic E-state index is 0.0179. The third-order valence-corrected chi connectivity index (χ3v) is 10.8. The number of pyridine rings is 1. The number of nitrogens with zero attached hydrogens (tertiary/aromatic N) is 2. The maximum absolute atomic E-state index is 14.6. The minimum Gasteiger partial charge on any atom is -0.495 e. The highest BCUT2D eigenvalue weighted by atomic mass is 35.5. The summed E-state index contributed by atoms with van der Waals surface area (Å²) >= 11 is 6.31. The van der Waals surface area contributed by atoms with Crippen molar-refractivity contribution < 1.29 is 50.9 Å². The van der Waals surface area contributed by atoms with Crippen LogP contribution in [0.1, 0.15) is 43.5 Å². The summed E-state index contributed by atoms with van der Waals surface area (Å²) in [5.74, 6) is -4.59. The smallest absolute Gasteiger partial charge is 0.490 e. The molecule has 0 radical (unpaired) electrons. The van der Waals surface area contributed by atoms with Crippen LogP contribution in [0.3, 0.4) is 0 Å². The van der Waals surface area contributed by atoms with Gasteiger partial charge in [0.2, 0.25) is 5.91 Å². The van der Waals surface area contributed by atoms with Crippen molar-refractivity contribution >= 4 is 61.6 Å². The number of aliphatic carboxylic acids is 2. The van der Waals surface area contributed by atoms with Crippen molar-refractivity contribution in [3.63, 3.8) is 0 Å². The number of alkyl halides is 3. The number of likely N-dealkylation sites (tertiary alicyclic amines) is 1. The number of halogens is 4. The minimum atomic E-state index is -5.08. The fraction of sp³-hybridized carbons (Fsp3) is 0.294. The number of benzene rings is 3. The number of anilines is 2. The summed E-state index contributed by atoms with van der Waals surface area (Å²) in [4.78, 5) is 41.6. The van der Waals surface area contributed by atoms with Gasteiger partial charge in [-0.2, -0.15) is 13.2 Å². The van der Waals surface area contributed by atoms with Crippen LogP contribution in [0.15, 0.2) is 77.8 Å². The Morgan fingerprint density at radius 2 is 1.73 bits per heavy atom. The van der Waals surface area contributed by atoms with Crippen LogP contribution in [-0.4, -0.2) is 71.4 Å². The van der Waals surface area contributed by atoms with Crippen LogP contribution in [0.5, 0.6) is 5.75 Å². The zero-order valence-corrected chi connectivity index (χ0v) is 29.0. The summed E-state index contributed by atoms with van der Waals surface area (Å²) in [5, 5.41) is 21.8. The maximum Gasteiger partial charge on any atom is 0.490 e. The number of carbonyl (C=O) groups is 3. The van der Waals surface area contributed by atoms with Crippen LogP contribution < -0.4 is 15.8 Å². The second kappa shape index (κ2) is 15.4. The number of carboxylic acids is 2. The zero-order chi connectivity index (χ0) is 37.8. The van der Waals surface area contributed by atoms with E-state index in [-0.39, 0.29) is 23.4 Å². The van der Waals surface area contributed by atoms with E-state index < -0.39 is 57.1 Å². The van der Waals surface area contributed by atoms with Gasteiger partial charge in [0.1, 0.15) is 17.6 Å². The summed E-state index contributed by atoms with van der Waals surface area (Å²) in [5.41, 5.74) is 7.43. The number of amides is 1. The topological polar surface area (TPSA) is 189 Å². The summed E-state index contributed by atoms with van der Waals surface area (Å²) in [6.45, 7) is 3.25. The molecular weight excluding hydrogens is 717 g/mol. The van der Waals surface area contributed by atoms with Crippen molar-refractivity contribution in [3.8, 4) is 5.75 Å².